The van der Waals surface area contributed by atoms with Crippen LogP contribution in [-0.2, 0) is 11.3 Å². The lowest BCUT2D eigenvalue weighted by Crippen LogP contribution is -2.49. The van der Waals surface area contributed by atoms with Crippen LogP contribution in [0, 0.1) is 6.92 Å². The number of benzene rings is 2. The SMILES string of the molecule is Cc1nn(C[C@@H](O)CN2C(=O)c3ccccc3C2=O)c(=O)c2ccc(C(=O)N3C4CCC3COC4)cc12. The number of imide groups is 1. The Hall–Kier alpha value is -3.89. The number of hydrogen-bond acceptors (Lipinski definition) is 7. The molecule has 2 bridgehead atoms. The van der Waals surface area contributed by atoms with Gasteiger partial charge in [-0.05, 0) is 50.1 Å². The Morgan fingerprint density at radius 1 is 1.00 bits per heavy atom. The number of aliphatic hydroxyl groups excluding tert-OH is 1. The molecule has 3 aromatic rings. The van der Waals surface area contributed by atoms with E-state index in [1.807, 2.05) is 4.90 Å². The van der Waals surface area contributed by atoms with Crippen LogP contribution >= 0.6 is 0 Å². The molecular weight excluding hydrogens is 476 g/mol. The topological polar surface area (TPSA) is 122 Å². The average Bonchev–Trinajstić information content (AvgIpc) is 3.29. The van der Waals surface area contributed by atoms with Crippen molar-refractivity contribution in [3.8, 4) is 0 Å². The normalized spacial score (nSPS) is 21.6. The van der Waals surface area contributed by atoms with Crippen molar-refractivity contribution >= 4 is 28.5 Å². The number of fused-ring (bicyclic) bond motifs is 4. The molecule has 3 atom stereocenters. The summed E-state index contributed by atoms with van der Waals surface area (Å²) in [5.74, 6) is -1.02. The smallest absolute Gasteiger partial charge is 0.274 e. The second-order valence-corrected chi connectivity index (χ2v) is 9.89. The Morgan fingerprint density at radius 3 is 2.30 bits per heavy atom. The maximum atomic E-state index is 13.3. The highest BCUT2D eigenvalue weighted by molar-refractivity contribution is 6.21. The number of aryl methyl sites for hydroxylation is 1. The van der Waals surface area contributed by atoms with Crippen LogP contribution in [0.4, 0.5) is 0 Å². The Morgan fingerprint density at radius 2 is 1.65 bits per heavy atom. The first-order valence-electron chi connectivity index (χ1n) is 12.4. The standard InChI is InChI=1S/C27H26N4O6/c1-15-23-10-16(24(33)31-17-7-8-18(31)14-37-13-17)6-9-22(23)27(36)30(28-15)12-19(32)11-29-25(34)20-4-2-3-5-21(20)26(29)35/h2-6,9-10,17-19,32H,7-8,11-14H2,1H3/t17?,18?,19-/m0/s1. The highest BCUT2D eigenvalue weighted by atomic mass is 16.5. The van der Waals surface area contributed by atoms with Crippen LogP contribution in [0.15, 0.2) is 47.3 Å². The minimum atomic E-state index is -1.19. The molecule has 6 rings (SSSR count). The third-order valence-corrected chi connectivity index (χ3v) is 7.52. The lowest BCUT2D eigenvalue weighted by molar-refractivity contribution is -0.00715. The van der Waals surface area contributed by atoms with Gasteiger partial charge in [0, 0.05) is 10.9 Å². The molecule has 190 valence electrons. The van der Waals surface area contributed by atoms with E-state index in [-0.39, 0.29) is 31.1 Å². The fourth-order valence-electron chi connectivity index (χ4n) is 5.69. The van der Waals surface area contributed by atoms with E-state index < -0.39 is 23.5 Å². The molecule has 2 aromatic carbocycles. The van der Waals surface area contributed by atoms with Crippen LogP contribution in [0.25, 0.3) is 10.8 Å². The summed E-state index contributed by atoms with van der Waals surface area (Å²) in [6.07, 6.45) is 0.665. The van der Waals surface area contributed by atoms with Crippen LogP contribution in [-0.4, -0.2) is 80.4 Å². The Labute approximate surface area is 212 Å². The first-order chi connectivity index (χ1) is 17.8. The van der Waals surface area contributed by atoms with Crippen molar-refractivity contribution in [3.05, 3.63) is 75.2 Å². The molecular formula is C27H26N4O6. The molecule has 3 aliphatic heterocycles. The Balaban J connectivity index is 1.23. The lowest BCUT2D eigenvalue weighted by atomic mass is 10.1. The van der Waals surface area contributed by atoms with Crippen molar-refractivity contribution in [1.82, 2.24) is 19.6 Å². The summed E-state index contributed by atoms with van der Waals surface area (Å²) >= 11 is 0. The number of carbonyl (C=O) groups is 3. The number of rotatable bonds is 5. The minimum absolute atomic E-state index is 0.0716. The third-order valence-electron chi connectivity index (χ3n) is 7.52. The van der Waals surface area contributed by atoms with E-state index in [1.165, 1.54) is 0 Å². The fourth-order valence-corrected chi connectivity index (χ4v) is 5.69. The van der Waals surface area contributed by atoms with Gasteiger partial charge in [-0.25, -0.2) is 4.68 Å². The van der Waals surface area contributed by atoms with Gasteiger partial charge in [-0.1, -0.05) is 12.1 Å². The van der Waals surface area contributed by atoms with E-state index in [4.69, 9.17) is 4.74 Å². The molecule has 0 spiro atoms. The molecule has 1 N–H and O–H groups in total. The number of nitrogens with zero attached hydrogens (tertiary/aromatic N) is 4. The van der Waals surface area contributed by atoms with Crippen LogP contribution in [0.5, 0.6) is 0 Å². The number of aromatic nitrogens is 2. The highest BCUT2D eigenvalue weighted by Gasteiger charge is 2.41. The first kappa shape index (κ1) is 23.5. The van der Waals surface area contributed by atoms with Gasteiger partial charge < -0.3 is 14.7 Å². The second kappa shape index (κ2) is 8.89. The zero-order chi connectivity index (χ0) is 25.8. The van der Waals surface area contributed by atoms with Crippen molar-refractivity contribution in [3.63, 3.8) is 0 Å². The second-order valence-electron chi connectivity index (χ2n) is 9.89. The number of morpholine rings is 1. The van der Waals surface area contributed by atoms with E-state index in [0.29, 0.717) is 46.4 Å². The van der Waals surface area contributed by atoms with E-state index >= 15 is 0 Å². The van der Waals surface area contributed by atoms with Gasteiger partial charge in [0.25, 0.3) is 23.3 Å². The summed E-state index contributed by atoms with van der Waals surface area (Å²) in [4.78, 5) is 54.6. The largest absolute Gasteiger partial charge is 0.389 e. The summed E-state index contributed by atoms with van der Waals surface area (Å²) in [6, 6.07) is 11.6. The maximum Gasteiger partial charge on any atom is 0.274 e. The van der Waals surface area contributed by atoms with Crippen molar-refractivity contribution in [2.75, 3.05) is 19.8 Å². The number of ether oxygens (including phenoxy) is 1. The van der Waals surface area contributed by atoms with Gasteiger partial charge in [-0.15, -0.1) is 0 Å². The van der Waals surface area contributed by atoms with Crippen molar-refractivity contribution in [2.24, 2.45) is 0 Å². The molecule has 0 saturated carbocycles. The van der Waals surface area contributed by atoms with E-state index in [9.17, 15) is 24.3 Å². The molecule has 1 aromatic heterocycles. The van der Waals surface area contributed by atoms with Crippen LogP contribution in [0.1, 0.15) is 49.6 Å². The van der Waals surface area contributed by atoms with E-state index in [0.717, 1.165) is 22.4 Å². The molecule has 10 nitrogen and oxygen atoms in total. The highest BCUT2D eigenvalue weighted by Crippen LogP contribution is 2.31. The van der Waals surface area contributed by atoms with Crippen molar-refractivity contribution in [1.29, 1.82) is 0 Å². The summed E-state index contributed by atoms with van der Waals surface area (Å²) in [5.41, 5.74) is 1.20. The Kier molecular flexibility index (Phi) is 5.65. The fraction of sp³-hybridized carbons (Fsp3) is 0.370. The molecule has 2 fully saturated rings. The monoisotopic (exact) mass is 502 g/mol. The molecule has 2 unspecified atom stereocenters. The number of carbonyl (C=O) groups excluding carboxylic acids is 3. The van der Waals surface area contributed by atoms with E-state index in [1.54, 1.807) is 49.4 Å². The van der Waals surface area contributed by atoms with Crippen LogP contribution < -0.4 is 5.56 Å². The zero-order valence-corrected chi connectivity index (χ0v) is 20.3. The van der Waals surface area contributed by atoms with E-state index in [2.05, 4.69) is 5.10 Å². The van der Waals surface area contributed by atoms with Gasteiger partial charge in [0.1, 0.15) is 0 Å². The quantitative estimate of drug-likeness (QED) is 0.523. The van der Waals surface area contributed by atoms with Gasteiger partial charge in [-0.2, -0.15) is 5.10 Å². The van der Waals surface area contributed by atoms with Crippen LogP contribution in [0.3, 0.4) is 0 Å². The molecule has 3 amide bonds. The number of hydrogen-bond donors (Lipinski definition) is 1. The van der Waals surface area contributed by atoms with Gasteiger partial charge in [0.15, 0.2) is 0 Å². The summed E-state index contributed by atoms with van der Waals surface area (Å²) in [5, 5.41) is 16.0. The third kappa shape index (κ3) is 3.84. The Bertz CT molecular complexity index is 1460. The number of amides is 3. The van der Waals surface area contributed by atoms with Crippen LogP contribution in [0.2, 0.25) is 0 Å². The molecule has 10 heteroatoms. The molecule has 37 heavy (non-hydrogen) atoms. The first-order valence-corrected chi connectivity index (χ1v) is 12.4. The summed E-state index contributed by atoms with van der Waals surface area (Å²) in [7, 11) is 0. The van der Waals surface area contributed by atoms with Crippen molar-refractivity contribution < 1.29 is 24.2 Å². The maximum absolute atomic E-state index is 13.3. The van der Waals surface area contributed by atoms with Gasteiger partial charge in [0.2, 0.25) is 0 Å². The number of β-amino-alcohol motifs (C(OH)–C–C–N with tert-alkyl or cyclic N) is 1. The predicted octanol–water partition coefficient (Wildman–Crippen LogP) is 1.37. The summed E-state index contributed by atoms with van der Waals surface area (Å²) < 4.78 is 6.73. The van der Waals surface area contributed by atoms with Gasteiger partial charge in [0.05, 0.1) is 66.7 Å². The average molecular weight is 503 g/mol. The number of aliphatic hydroxyl groups is 1. The van der Waals surface area contributed by atoms with Gasteiger partial charge >= 0.3 is 0 Å². The summed E-state index contributed by atoms with van der Waals surface area (Å²) in [6.45, 7) is 2.38. The molecule has 0 radical (unpaired) electrons. The zero-order valence-electron chi connectivity index (χ0n) is 20.3. The minimum Gasteiger partial charge on any atom is -0.389 e. The lowest BCUT2D eigenvalue weighted by Gasteiger charge is -2.34. The molecule has 4 heterocycles. The van der Waals surface area contributed by atoms with Crippen molar-refractivity contribution in [2.45, 2.75) is 44.5 Å². The molecule has 3 aliphatic rings. The predicted molar refractivity (Wildman–Crippen MR) is 132 cm³/mol. The molecule has 0 aliphatic carbocycles. The van der Waals surface area contributed by atoms with Gasteiger partial charge in [-0.3, -0.25) is 24.1 Å². The molecule has 2 saturated heterocycles.